The predicted octanol–water partition coefficient (Wildman–Crippen LogP) is 6.13. The van der Waals surface area contributed by atoms with Crippen LogP contribution in [0.2, 0.25) is 0 Å². The molecule has 1 aromatic heterocycles. The van der Waals surface area contributed by atoms with Gasteiger partial charge in [0.15, 0.2) is 11.6 Å². The van der Waals surface area contributed by atoms with Crippen LogP contribution in [0, 0.1) is 11.2 Å². The Hall–Kier alpha value is -2.88. The van der Waals surface area contributed by atoms with E-state index in [0.717, 1.165) is 11.9 Å². The minimum Gasteiger partial charge on any atom is -0.485 e. The number of esters is 1. The fourth-order valence-electron chi connectivity index (χ4n) is 3.63. The van der Waals surface area contributed by atoms with Gasteiger partial charge in [0.1, 0.15) is 11.2 Å². The molecule has 8 nitrogen and oxygen atoms in total. The summed E-state index contributed by atoms with van der Waals surface area (Å²) in [4.78, 5) is 31.3. The van der Waals surface area contributed by atoms with E-state index in [1.54, 1.807) is 12.1 Å². The van der Waals surface area contributed by atoms with Crippen LogP contribution in [0.25, 0.3) is 0 Å². The molecule has 0 atom stereocenters. The molecule has 2 N–H and O–H groups in total. The van der Waals surface area contributed by atoms with Crippen LogP contribution in [0.15, 0.2) is 35.5 Å². The van der Waals surface area contributed by atoms with Crippen LogP contribution in [0.5, 0.6) is 5.75 Å². The first-order valence-electron chi connectivity index (χ1n) is 11.2. The lowest BCUT2D eigenvalue weighted by atomic mass is 9.78. The third-order valence-electron chi connectivity index (χ3n) is 4.78. The molecule has 2 rings (SSSR count). The van der Waals surface area contributed by atoms with Gasteiger partial charge in [0.2, 0.25) is 5.95 Å². The fourth-order valence-corrected chi connectivity index (χ4v) is 4.24. The van der Waals surface area contributed by atoms with E-state index >= 15 is 0 Å². The quantitative estimate of drug-likeness (QED) is 0.274. The fraction of sp³-hybridized carbons (Fsp3) is 0.520. The highest BCUT2D eigenvalue weighted by atomic mass is 32.2. The summed E-state index contributed by atoms with van der Waals surface area (Å²) in [6.45, 7) is 13.4. The van der Waals surface area contributed by atoms with E-state index in [4.69, 9.17) is 14.6 Å². The number of benzene rings is 1. The molecule has 0 unspecified atom stereocenters. The summed E-state index contributed by atoms with van der Waals surface area (Å²) in [6.07, 6.45) is 3.90. The normalized spacial score (nSPS) is 12.2. The van der Waals surface area contributed by atoms with Gasteiger partial charge in [0.25, 0.3) is 0 Å². The largest absolute Gasteiger partial charge is 0.485 e. The first-order chi connectivity index (χ1) is 16.1. The maximum atomic E-state index is 14.8. The van der Waals surface area contributed by atoms with Gasteiger partial charge in [-0.3, -0.25) is 9.52 Å². The van der Waals surface area contributed by atoms with Crippen molar-refractivity contribution in [2.24, 2.45) is 5.41 Å². The van der Waals surface area contributed by atoms with Crippen LogP contribution in [-0.4, -0.2) is 38.2 Å². The summed E-state index contributed by atoms with van der Waals surface area (Å²) in [7, 11) is 0. The molecule has 0 aliphatic rings. The van der Waals surface area contributed by atoms with E-state index in [2.05, 4.69) is 28.5 Å². The molecule has 10 heteroatoms. The van der Waals surface area contributed by atoms with Crippen LogP contribution in [0.4, 0.5) is 10.3 Å². The molecule has 0 amide bonds. The van der Waals surface area contributed by atoms with E-state index in [-0.39, 0.29) is 28.6 Å². The lowest BCUT2D eigenvalue weighted by Gasteiger charge is -2.35. The van der Waals surface area contributed by atoms with E-state index in [1.807, 2.05) is 34.6 Å². The number of anilines is 1. The molecule has 192 valence electrons. The first-order valence-corrected chi connectivity index (χ1v) is 12.1. The number of carboxylic acids is 1. The average molecular weight is 508 g/mol. The molecule has 1 heterocycles. The molecule has 0 saturated heterocycles. The maximum Gasteiger partial charge on any atom is 0.338 e. The van der Waals surface area contributed by atoms with Gasteiger partial charge in [-0.2, -0.15) is 0 Å². The summed E-state index contributed by atoms with van der Waals surface area (Å²) in [5.41, 5.74) is -1.44. The lowest BCUT2D eigenvalue weighted by molar-refractivity contribution is -0.155. The summed E-state index contributed by atoms with van der Waals surface area (Å²) >= 11 is 1.09. The number of nitrogens with one attached hydrogen (secondary N) is 1. The van der Waals surface area contributed by atoms with Crippen molar-refractivity contribution < 1.29 is 28.6 Å². The smallest absolute Gasteiger partial charge is 0.338 e. The molecule has 0 radical (unpaired) electrons. The Kier molecular flexibility index (Phi) is 9.11. The molecule has 0 fully saturated rings. The molecule has 35 heavy (non-hydrogen) atoms. The topological polar surface area (TPSA) is 111 Å². The molecule has 0 spiro atoms. The van der Waals surface area contributed by atoms with E-state index in [0.29, 0.717) is 24.2 Å². The SMILES string of the molecule is CC(C)(CCC(=O)OC(C)(C)C)CC(C)(C)Oc1ccc(SNc2ncc(C(=O)O)cn2)cc1F. The number of hydrogen-bond acceptors (Lipinski definition) is 8. The highest BCUT2D eigenvalue weighted by molar-refractivity contribution is 8.00. The number of rotatable bonds is 11. The van der Waals surface area contributed by atoms with Gasteiger partial charge in [-0.05, 0) is 83.0 Å². The zero-order valence-electron chi connectivity index (χ0n) is 21.3. The van der Waals surface area contributed by atoms with Crippen LogP contribution >= 0.6 is 11.9 Å². The number of aromatic nitrogens is 2. The molecule has 0 bridgehead atoms. The molecule has 0 aliphatic carbocycles. The van der Waals surface area contributed by atoms with E-state index in [9.17, 15) is 14.0 Å². The van der Waals surface area contributed by atoms with Crippen LogP contribution in [0.3, 0.4) is 0 Å². The third-order valence-corrected chi connectivity index (χ3v) is 5.55. The van der Waals surface area contributed by atoms with Crippen molar-refractivity contribution in [1.29, 1.82) is 0 Å². The van der Waals surface area contributed by atoms with Gasteiger partial charge in [-0.25, -0.2) is 19.2 Å². The summed E-state index contributed by atoms with van der Waals surface area (Å²) in [5, 5.41) is 8.89. The van der Waals surface area contributed by atoms with Gasteiger partial charge >= 0.3 is 11.9 Å². The lowest BCUT2D eigenvalue weighted by Crippen LogP contribution is -2.35. The molecule has 2 aromatic rings. The Morgan fingerprint density at radius 1 is 1.09 bits per heavy atom. The standard InChI is InChI=1S/C25H34FN3O5S/c1-23(2,3)34-20(30)10-11-24(4,5)15-25(6,7)33-19-9-8-17(12-18(19)26)35-29-22-27-13-16(14-28-22)21(31)32/h8-9,12-14H,10-11,15H2,1-7H3,(H,31,32)(H,27,28,29). The van der Waals surface area contributed by atoms with Gasteiger partial charge in [0, 0.05) is 23.7 Å². The average Bonchev–Trinajstić information content (AvgIpc) is 2.71. The van der Waals surface area contributed by atoms with Gasteiger partial charge in [-0.15, -0.1) is 0 Å². The van der Waals surface area contributed by atoms with Crippen molar-refractivity contribution in [1.82, 2.24) is 9.97 Å². The molecular formula is C25H34FN3O5S. The highest BCUT2D eigenvalue weighted by Crippen LogP contribution is 2.36. The monoisotopic (exact) mass is 507 g/mol. The van der Waals surface area contributed by atoms with Gasteiger partial charge in [-0.1, -0.05) is 13.8 Å². The number of carbonyl (C=O) groups is 2. The third kappa shape index (κ3) is 10.1. The number of carbonyl (C=O) groups excluding carboxylic acids is 1. The second kappa shape index (κ2) is 11.2. The minimum atomic E-state index is -1.11. The number of carboxylic acid groups (broad SMARTS) is 1. The second-order valence-electron chi connectivity index (χ2n) is 10.7. The molecule has 0 saturated carbocycles. The van der Waals surface area contributed by atoms with Crippen LogP contribution < -0.4 is 9.46 Å². The predicted molar refractivity (Wildman–Crippen MR) is 133 cm³/mol. The number of aromatic carboxylic acids is 1. The maximum absolute atomic E-state index is 14.8. The van der Waals surface area contributed by atoms with Crippen LogP contribution in [-0.2, 0) is 9.53 Å². The number of nitrogens with zero attached hydrogens (tertiary/aromatic N) is 2. The summed E-state index contributed by atoms with van der Waals surface area (Å²) in [5.74, 6) is -1.53. The Morgan fingerprint density at radius 3 is 2.26 bits per heavy atom. The zero-order chi connectivity index (χ0) is 26.4. The van der Waals surface area contributed by atoms with Crippen LogP contribution in [0.1, 0.15) is 78.1 Å². The van der Waals surface area contributed by atoms with Gasteiger partial charge < -0.3 is 14.6 Å². The first kappa shape index (κ1) is 28.4. The number of halogens is 1. The second-order valence-corrected chi connectivity index (χ2v) is 11.6. The molecular weight excluding hydrogens is 473 g/mol. The Morgan fingerprint density at radius 2 is 1.71 bits per heavy atom. The zero-order valence-corrected chi connectivity index (χ0v) is 22.1. The number of hydrogen-bond donors (Lipinski definition) is 2. The van der Waals surface area contributed by atoms with E-state index < -0.39 is 23.0 Å². The summed E-state index contributed by atoms with van der Waals surface area (Å²) < 4.78 is 29.0. The molecule has 0 aliphatic heterocycles. The van der Waals surface area contributed by atoms with Crippen molar-refractivity contribution in [2.45, 2.75) is 83.8 Å². The van der Waals surface area contributed by atoms with Crippen molar-refractivity contribution in [2.75, 3.05) is 4.72 Å². The highest BCUT2D eigenvalue weighted by Gasteiger charge is 2.32. The number of ether oxygens (including phenoxy) is 2. The molecule has 1 aromatic carbocycles. The van der Waals surface area contributed by atoms with Crippen molar-refractivity contribution in [3.63, 3.8) is 0 Å². The van der Waals surface area contributed by atoms with Crippen molar-refractivity contribution in [3.8, 4) is 5.75 Å². The van der Waals surface area contributed by atoms with Crippen molar-refractivity contribution >= 4 is 29.8 Å². The van der Waals surface area contributed by atoms with Gasteiger partial charge in [0.05, 0.1) is 5.56 Å². The Labute approximate surface area is 210 Å². The van der Waals surface area contributed by atoms with E-state index in [1.165, 1.54) is 18.5 Å². The minimum absolute atomic E-state index is 0.0243. The summed E-state index contributed by atoms with van der Waals surface area (Å²) in [6, 6.07) is 4.59. The van der Waals surface area contributed by atoms with Crippen molar-refractivity contribution in [3.05, 3.63) is 42.0 Å². The Balaban J connectivity index is 1.93. The Bertz CT molecular complexity index is 1040.